The Bertz CT molecular complexity index is 1890. The second-order valence-corrected chi connectivity index (χ2v) is 11.8. The number of fused-ring (bicyclic) bond motifs is 10. The Morgan fingerprint density at radius 2 is 1.33 bits per heavy atom. The number of aromatic nitrogens is 2. The zero-order valence-corrected chi connectivity index (χ0v) is 23.2. The third kappa shape index (κ3) is 3.77. The predicted molar refractivity (Wildman–Crippen MR) is 158 cm³/mol. The SMILES string of the molecule is C=C(C)Cn1c2ccccc2c2c3c(c4c5ccccc5n(CC(=C)C)c4c21)C(=O)N(C(=O)OC(C)(C)C)C3. The van der Waals surface area contributed by atoms with Crippen LogP contribution in [0.25, 0.3) is 43.6 Å². The number of benzene rings is 3. The minimum absolute atomic E-state index is 0.163. The van der Waals surface area contributed by atoms with E-state index >= 15 is 0 Å². The summed E-state index contributed by atoms with van der Waals surface area (Å²) in [4.78, 5) is 28.7. The molecular weight excluding hydrogens is 486 g/mol. The maximum atomic E-state index is 14.2. The lowest BCUT2D eigenvalue weighted by Gasteiger charge is -2.23. The average molecular weight is 520 g/mol. The van der Waals surface area contributed by atoms with E-state index in [1.54, 1.807) is 0 Å². The fraction of sp³-hybridized carbons (Fsp3) is 0.273. The molecule has 6 rings (SSSR count). The fourth-order valence-electron chi connectivity index (χ4n) is 6.03. The molecule has 5 aromatic rings. The highest BCUT2D eigenvalue weighted by molar-refractivity contribution is 6.31. The van der Waals surface area contributed by atoms with Gasteiger partial charge in [0.1, 0.15) is 5.60 Å². The van der Waals surface area contributed by atoms with Gasteiger partial charge in [0.25, 0.3) is 5.91 Å². The first-order valence-corrected chi connectivity index (χ1v) is 13.3. The Hall–Kier alpha value is -4.32. The van der Waals surface area contributed by atoms with Crippen LogP contribution in [-0.4, -0.2) is 31.6 Å². The van der Waals surface area contributed by atoms with Crippen LogP contribution in [-0.2, 0) is 24.4 Å². The van der Waals surface area contributed by atoms with Crippen molar-refractivity contribution in [2.75, 3.05) is 0 Å². The van der Waals surface area contributed by atoms with E-state index in [4.69, 9.17) is 4.74 Å². The fourth-order valence-corrected chi connectivity index (χ4v) is 6.03. The molecule has 0 N–H and O–H groups in total. The molecule has 198 valence electrons. The molecule has 0 bridgehead atoms. The Morgan fingerprint density at radius 3 is 1.85 bits per heavy atom. The van der Waals surface area contributed by atoms with Crippen molar-refractivity contribution in [1.29, 1.82) is 0 Å². The summed E-state index contributed by atoms with van der Waals surface area (Å²) in [5, 5.41) is 3.91. The third-order valence-corrected chi connectivity index (χ3v) is 7.26. The molecule has 0 fully saturated rings. The Labute approximate surface area is 227 Å². The van der Waals surface area contributed by atoms with Gasteiger partial charge in [-0.2, -0.15) is 0 Å². The number of para-hydroxylation sites is 2. The molecule has 0 radical (unpaired) electrons. The number of carbonyl (C=O) groups excluding carboxylic acids is 2. The summed E-state index contributed by atoms with van der Waals surface area (Å²) in [6, 6.07) is 16.4. The highest BCUT2D eigenvalue weighted by atomic mass is 16.6. The first kappa shape index (κ1) is 25.0. The van der Waals surface area contributed by atoms with E-state index in [0.29, 0.717) is 18.7 Å². The summed E-state index contributed by atoms with van der Waals surface area (Å²) in [5.74, 6) is -0.318. The zero-order chi connectivity index (χ0) is 27.8. The molecule has 39 heavy (non-hydrogen) atoms. The molecule has 0 saturated carbocycles. The molecule has 3 aromatic carbocycles. The van der Waals surface area contributed by atoms with Crippen molar-refractivity contribution < 1.29 is 14.3 Å². The number of imide groups is 1. The van der Waals surface area contributed by atoms with Gasteiger partial charge in [0.2, 0.25) is 0 Å². The molecule has 3 heterocycles. The van der Waals surface area contributed by atoms with Crippen LogP contribution in [0.5, 0.6) is 0 Å². The van der Waals surface area contributed by atoms with Gasteiger partial charge >= 0.3 is 6.09 Å². The van der Waals surface area contributed by atoms with E-state index in [1.807, 2.05) is 58.9 Å². The Balaban J connectivity index is 1.83. The first-order valence-electron chi connectivity index (χ1n) is 13.3. The van der Waals surface area contributed by atoms with Gasteiger partial charge in [-0.1, -0.05) is 60.7 Å². The number of hydrogen-bond donors (Lipinski definition) is 0. The van der Waals surface area contributed by atoms with Crippen LogP contribution >= 0.6 is 0 Å². The predicted octanol–water partition coefficient (Wildman–Crippen LogP) is 7.95. The number of hydrogen-bond acceptors (Lipinski definition) is 3. The lowest BCUT2D eigenvalue weighted by molar-refractivity contribution is 0.0248. The van der Waals surface area contributed by atoms with Crippen molar-refractivity contribution in [2.45, 2.75) is 59.9 Å². The quantitative estimate of drug-likeness (QED) is 0.226. The molecule has 1 aliphatic rings. The Kier molecular flexibility index (Phi) is 5.51. The smallest absolute Gasteiger partial charge is 0.417 e. The van der Waals surface area contributed by atoms with Crippen molar-refractivity contribution in [3.8, 4) is 0 Å². The lowest BCUT2D eigenvalue weighted by atomic mass is 9.97. The number of allylic oxidation sites excluding steroid dienone is 2. The van der Waals surface area contributed by atoms with Crippen molar-refractivity contribution in [3.05, 3.63) is 84.0 Å². The third-order valence-electron chi connectivity index (χ3n) is 7.26. The number of nitrogens with zero attached hydrogens (tertiary/aromatic N) is 3. The molecule has 0 saturated heterocycles. The maximum absolute atomic E-state index is 14.2. The summed E-state index contributed by atoms with van der Waals surface area (Å²) in [6.07, 6.45) is -0.624. The van der Waals surface area contributed by atoms with Crippen molar-refractivity contribution in [1.82, 2.24) is 14.0 Å². The van der Waals surface area contributed by atoms with Gasteiger partial charge in [0.05, 0.1) is 23.1 Å². The molecule has 0 aliphatic carbocycles. The molecule has 6 heteroatoms. The van der Waals surface area contributed by atoms with Crippen LogP contribution in [0.4, 0.5) is 4.79 Å². The Morgan fingerprint density at radius 1 is 0.846 bits per heavy atom. The minimum atomic E-state index is -0.716. The normalized spacial score (nSPS) is 13.7. The average Bonchev–Trinajstić information content (AvgIpc) is 3.46. The van der Waals surface area contributed by atoms with Gasteiger partial charge in [-0.3, -0.25) is 4.79 Å². The van der Waals surface area contributed by atoms with E-state index in [-0.39, 0.29) is 12.5 Å². The number of ether oxygens (including phenoxy) is 1. The van der Waals surface area contributed by atoms with Gasteiger partial charge < -0.3 is 13.9 Å². The molecular formula is C33H33N3O3. The van der Waals surface area contributed by atoms with E-state index < -0.39 is 11.7 Å². The standard InChI is InChI=1S/C33H33N3O3/c1-19(2)16-34-24-14-10-8-12-21(24)26-23-18-36(32(38)39-33(5,6)7)31(37)28(23)27-22-13-9-11-15-25(22)35(17-20(3)4)30(27)29(26)34/h8-15H,1,3,16-18H2,2,4-7H3. The van der Waals surface area contributed by atoms with Crippen molar-refractivity contribution >= 4 is 55.6 Å². The van der Waals surface area contributed by atoms with E-state index in [1.165, 1.54) is 4.90 Å². The summed E-state index contributed by atoms with van der Waals surface area (Å²) in [5.41, 5.74) is 6.89. The molecule has 6 nitrogen and oxygen atoms in total. The first-order chi connectivity index (χ1) is 18.5. The van der Waals surface area contributed by atoms with Gasteiger partial charge in [0.15, 0.2) is 0 Å². The van der Waals surface area contributed by atoms with Crippen molar-refractivity contribution in [3.63, 3.8) is 0 Å². The number of rotatable bonds is 4. The molecule has 1 aliphatic heterocycles. The highest BCUT2D eigenvalue weighted by Gasteiger charge is 2.40. The van der Waals surface area contributed by atoms with Gasteiger partial charge in [-0.05, 0) is 52.3 Å². The van der Waals surface area contributed by atoms with Crippen molar-refractivity contribution in [2.24, 2.45) is 0 Å². The molecule has 0 unspecified atom stereocenters. The zero-order valence-electron chi connectivity index (χ0n) is 23.2. The molecule has 2 aromatic heterocycles. The monoisotopic (exact) mass is 519 g/mol. The molecule has 0 atom stereocenters. The van der Waals surface area contributed by atoms with E-state index in [9.17, 15) is 9.59 Å². The lowest BCUT2D eigenvalue weighted by Crippen LogP contribution is -2.36. The van der Waals surface area contributed by atoms with Gasteiger partial charge in [-0.15, -0.1) is 0 Å². The summed E-state index contributed by atoms with van der Waals surface area (Å²) in [6.45, 7) is 19.3. The summed E-state index contributed by atoms with van der Waals surface area (Å²) >= 11 is 0. The summed E-state index contributed by atoms with van der Waals surface area (Å²) in [7, 11) is 0. The van der Waals surface area contributed by atoms with Crippen LogP contribution < -0.4 is 0 Å². The highest BCUT2D eigenvalue weighted by Crippen LogP contribution is 2.46. The largest absolute Gasteiger partial charge is 0.443 e. The van der Waals surface area contributed by atoms with Gasteiger partial charge in [0, 0.05) is 45.7 Å². The van der Waals surface area contributed by atoms with Crippen LogP contribution in [0.1, 0.15) is 50.5 Å². The van der Waals surface area contributed by atoms with Crippen LogP contribution in [0.2, 0.25) is 0 Å². The topological polar surface area (TPSA) is 56.5 Å². The second-order valence-electron chi connectivity index (χ2n) is 11.8. The number of amides is 2. The van der Waals surface area contributed by atoms with E-state index in [0.717, 1.165) is 60.3 Å². The summed E-state index contributed by atoms with van der Waals surface area (Å²) < 4.78 is 10.3. The van der Waals surface area contributed by atoms with Crippen LogP contribution in [0.3, 0.4) is 0 Å². The van der Waals surface area contributed by atoms with Crippen LogP contribution in [0, 0.1) is 0 Å². The maximum Gasteiger partial charge on any atom is 0.417 e. The molecule has 2 amide bonds. The van der Waals surface area contributed by atoms with Gasteiger partial charge in [-0.25, -0.2) is 9.69 Å². The van der Waals surface area contributed by atoms with Crippen LogP contribution in [0.15, 0.2) is 72.8 Å². The van der Waals surface area contributed by atoms with E-state index in [2.05, 4.69) is 46.6 Å². The minimum Gasteiger partial charge on any atom is -0.443 e. The molecule has 0 spiro atoms. The number of carbonyl (C=O) groups is 2. The second kappa shape index (κ2) is 8.60.